The predicted molar refractivity (Wildman–Crippen MR) is 69.3 cm³/mol. The Morgan fingerprint density at radius 3 is 2.75 bits per heavy atom. The van der Waals surface area contributed by atoms with Gasteiger partial charge < -0.3 is 14.4 Å². The molecule has 6 nitrogen and oxygen atoms in total. The number of carboxylic acid groups (broad SMARTS) is 1. The largest absolute Gasteiger partial charge is 0.481 e. The summed E-state index contributed by atoms with van der Waals surface area (Å²) in [6.07, 6.45) is 6.85. The first-order valence-corrected chi connectivity index (χ1v) is 7.04. The summed E-state index contributed by atoms with van der Waals surface area (Å²) in [4.78, 5) is 15.8. The van der Waals surface area contributed by atoms with Gasteiger partial charge in [-0.3, -0.25) is 4.79 Å². The summed E-state index contributed by atoms with van der Waals surface area (Å²) in [5.41, 5.74) is 0. The molecule has 0 radical (unpaired) electrons. The molecule has 2 atom stereocenters. The second-order valence-corrected chi connectivity index (χ2v) is 5.37. The van der Waals surface area contributed by atoms with Crippen LogP contribution in [0.5, 0.6) is 0 Å². The molecule has 2 aliphatic rings. The highest BCUT2D eigenvalue weighted by atomic mass is 16.5. The number of aliphatic carboxylic acids is 1. The lowest BCUT2D eigenvalue weighted by Gasteiger charge is -2.21. The van der Waals surface area contributed by atoms with Crippen molar-refractivity contribution in [3.8, 4) is 0 Å². The lowest BCUT2D eigenvalue weighted by Crippen LogP contribution is -2.23. The Kier molecular flexibility index (Phi) is 3.82. The van der Waals surface area contributed by atoms with E-state index in [1.165, 1.54) is 0 Å². The maximum absolute atomic E-state index is 11.3. The first-order chi connectivity index (χ1) is 9.75. The fourth-order valence-electron chi connectivity index (χ4n) is 2.88. The summed E-state index contributed by atoms with van der Waals surface area (Å²) in [5.74, 6) is -0.0550. The van der Waals surface area contributed by atoms with Crippen LogP contribution < -0.4 is 0 Å². The highest BCUT2D eigenvalue weighted by Gasteiger charge is 2.34. The number of carbonyl (C=O) groups is 1. The van der Waals surface area contributed by atoms with Crippen LogP contribution in [0.15, 0.2) is 16.7 Å². The van der Waals surface area contributed by atoms with Gasteiger partial charge in [-0.25, -0.2) is 0 Å². The third kappa shape index (κ3) is 2.60. The van der Waals surface area contributed by atoms with E-state index in [9.17, 15) is 9.90 Å². The second kappa shape index (κ2) is 5.75. The van der Waals surface area contributed by atoms with Crippen molar-refractivity contribution in [2.45, 2.75) is 37.5 Å². The van der Waals surface area contributed by atoms with Crippen LogP contribution in [0.4, 0.5) is 0 Å². The van der Waals surface area contributed by atoms with Crippen LogP contribution in [-0.2, 0) is 9.53 Å². The number of aromatic nitrogens is 2. The zero-order valence-electron chi connectivity index (χ0n) is 11.2. The van der Waals surface area contributed by atoms with Crippen molar-refractivity contribution >= 4 is 5.97 Å². The standard InChI is InChI=1S/C14H18N2O4/c17-14(18)11-4-2-1-3-10(11)13-15-12(16-20-13)9-5-7-19-8-6-9/h1-2,9-11H,3-8H2,(H,17,18). The maximum Gasteiger partial charge on any atom is 0.307 e. The Labute approximate surface area is 116 Å². The van der Waals surface area contributed by atoms with Crippen molar-refractivity contribution in [3.63, 3.8) is 0 Å². The van der Waals surface area contributed by atoms with Gasteiger partial charge in [0.05, 0.1) is 11.8 Å². The fourth-order valence-corrected chi connectivity index (χ4v) is 2.88. The molecule has 108 valence electrons. The summed E-state index contributed by atoms with van der Waals surface area (Å²) in [7, 11) is 0. The average Bonchev–Trinajstić information content (AvgIpc) is 2.98. The van der Waals surface area contributed by atoms with E-state index in [1.807, 2.05) is 12.2 Å². The van der Waals surface area contributed by atoms with Gasteiger partial charge in [0, 0.05) is 19.1 Å². The smallest absolute Gasteiger partial charge is 0.307 e. The molecule has 0 bridgehead atoms. The molecule has 1 aromatic rings. The van der Waals surface area contributed by atoms with E-state index in [4.69, 9.17) is 9.26 Å². The van der Waals surface area contributed by atoms with Crippen LogP contribution in [0.25, 0.3) is 0 Å². The van der Waals surface area contributed by atoms with Crippen LogP contribution >= 0.6 is 0 Å². The first-order valence-electron chi connectivity index (χ1n) is 7.04. The van der Waals surface area contributed by atoms with Gasteiger partial charge in [-0.05, 0) is 25.7 Å². The second-order valence-electron chi connectivity index (χ2n) is 5.37. The molecule has 20 heavy (non-hydrogen) atoms. The van der Waals surface area contributed by atoms with Gasteiger partial charge >= 0.3 is 5.97 Å². The minimum absolute atomic E-state index is 0.210. The number of ether oxygens (including phenoxy) is 1. The number of hydrogen-bond acceptors (Lipinski definition) is 5. The molecule has 6 heteroatoms. The van der Waals surface area contributed by atoms with Crippen LogP contribution in [0.3, 0.4) is 0 Å². The predicted octanol–water partition coefficient (Wildman–Crippen LogP) is 2.10. The topological polar surface area (TPSA) is 85.5 Å². The Morgan fingerprint density at radius 2 is 2.00 bits per heavy atom. The van der Waals surface area contributed by atoms with Crippen LogP contribution in [-0.4, -0.2) is 34.4 Å². The van der Waals surface area contributed by atoms with Gasteiger partial charge in [-0.2, -0.15) is 4.98 Å². The van der Waals surface area contributed by atoms with E-state index in [0.29, 0.717) is 24.6 Å². The highest BCUT2D eigenvalue weighted by molar-refractivity contribution is 5.71. The monoisotopic (exact) mass is 278 g/mol. The van der Waals surface area contributed by atoms with Crippen molar-refractivity contribution in [1.29, 1.82) is 0 Å². The molecule has 1 saturated heterocycles. The molecule has 1 N–H and O–H groups in total. The molecule has 2 unspecified atom stereocenters. The van der Waals surface area contributed by atoms with E-state index in [-0.39, 0.29) is 11.8 Å². The first kappa shape index (κ1) is 13.3. The number of hydrogen-bond donors (Lipinski definition) is 1. The Balaban J connectivity index is 1.78. The molecule has 3 rings (SSSR count). The van der Waals surface area contributed by atoms with E-state index in [0.717, 1.165) is 26.1 Å². The summed E-state index contributed by atoms with van der Waals surface area (Å²) in [5, 5.41) is 13.3. The third-order valence-electron chi connectivity index (χ3n) is 4.11. The summed E-state index contributed by atoms with van der Waals surface area (Å²) in [6, 6.07) is 0. The number of carboxylic acids is 1. The molecule has 2 heterocycles. The van der Waals surface area contributed by atoms with Gasteiger partial charge in [-0.1, -0.05) is 17.3 Å². The van der Waals surface area contributed by atoms with E-state index >= 15 is 0 Å². The number of rotatable bonds is 3. The van der Waals surface area contributed by atoms with Crippen molar-refractivity contribution in [2.24, 2.45) is 5.92 Å². The van der Waals surface area contributed by atoms with E-state index in [1.54, 1.807) is 0 Å². The molecular formula is C14H18N2O4. The minimum atomic E-state index is -0.801. The lowest BCUT2D eigenvalue weighted by atomic mass is 9.83. The quantitative estimate of drug-likeness (QED) is 0.852. The minimum Gasteiger partial charge on any atom is -0.481 e. The van der Waals surface area contributed by atoms with Crippen molar-refractivity contribution in [1.82, 2.24) is 10.1 Å². The Morgan fingerprint density at radius 1 is 1.25 bits per heavy atom. The van der Waals surface area contributed by atoms with Gasteiger partial charge in [0.15, 0.2) is 5.82 Å². The number of allylic oxidation sites excluding steroid dienone is 2. The van der Waals surface area contributed by atoms with Crippen LogP contribution in [0.2, 0.25) is 0 Å². The molecule has 1 aliphatic heterocycles. The molecule has 0 amide bonds. The molecular weight excluding hydrogens is 260 g/mol. The normalized spacial score (nSPS) is 27.6. The van der Waals surface area contributed by atoms with Crippen molar-refractivity contribution < 1.29 is 19.2 Å². The summed E-state index contributed by atoms with van der Waals surface area (Å²) in [6.45, 7) is 1.44. The lowest BCUT2D eigenvalue weighted by molar-refractivity contribution is -0.142. The molecule has 1 aromatic heterocycles. The fraction of sp³-hybridized carbons (Fsp3) is 0.643. The van der Waals surface area contributed by atoms with E-state index < -0.39 is 11.9 Å². The van der Waals surface area contributed by atoms with E-state index in [2.05, 4.69) is 10.1 Å². The van der Waals surface area contributed by atoms with Gasteiger partial charge in [0.25, 0.3) is 0 Å². The molecule has 0 spiro atoms. The van der Waals surface area contributed by atoms with Crippen molar-refractivity contribution in [2.75, 3.05) is 13.2 Å². The summed E-state index contributed by atoms with van der Waals surface area (Å²) < 4.78 is 10.7. The summed E-state index contributed by atoms with van der Waals surface area (Å²) >= 11 is 0. The van der Waals surface area contributed by atoms with Crippen molar-refractivity contribution in [3.05, 3.63) is 23.9 Å². The Hall–Kier alpha value is -1.69. The maximum atomic E-state index is 11.3. The van der Waals surface area contributed by atoms with Crippen LogP contribution in [0.1, 0.15) is 49.2 Å². The molecule has 1 fully saturated rings. The zero-order chi connectivity index (χ0) is 13.9. The highest BCUT2D eigenvalue weighted by Crippen LogP contribution is 2.35. The number of nitrogens with zero attached hydrogens (tertiary/aromatic N) is 2. The molecule has 1 aliphatic carbocycles. The SMILES string of the molecule is O=C(O)C1CC=CCC1c1nc(C2CCOCC2)no1. The van der Waals surface area contributed by atoms with Crippen LogP contribution in [0, 0.1) is 5.92 Å². The third-order valence-corrected chi connectivity index (χ3v) is 4.11. The molecule has 0 aromatic carbocycles. The Bertz CT molecular complexity index is 505. The van der Waals surface area contributed by atoms with Gasteiger partial charge in [-0.15, -0.1) is 0 Å². The zero-order valence-corrected chi connectivity index (χ0v) is 11.2. The molecule has 0 saturated carbocycles. The van der Waals surface area contributed by atoms with Gasteiger partial charge in [0.1, 0.15) is 0 Å². The average molecular weight is 278 g/mol. The van der Waals surface area contributed by atoms with Gasteiger partial charge in [0.2, 0.25) is 5.89 Å².